The summed E-state index contributed by atoms with van der Waals surface area (Å²) in [4.78, 5) is 0. The summed E-state index contributed by atoms with van der Waals surface area (Å²) in [5.74, 6) is 0. The van der Waals surface area contributed by atoms with Crippen LogP contribution in [0, 0.1) is 0 Å². The Morgan fingerprint density at radius 3 is 2.42 bits per heavy atom. The summed E-state index contributed by atoms with van der Waals surface area (Å²) in [5.41, 5.74) is 5.58. The third-order valence-corrected chi connectivity index (χ3v) is 2.98. The Morgan fingerprint density at radius 2 is 2.00 bits per heavy atom. The Bertz CT molecular complexity index is 132. The van der Waals surface area contributed by atoms with Crippen molar-refractivity contribution in [2.75, 3.05) is 13.7 Å². The van der Waals surface area contributed by atoms with Crippen molar-refractivity contribution in [3.63, 3.8) is 0 Å². The zero-order chi connectivity index (χ0) is 9.03. The van der Waals surface area contributed by atoms with E-state index in [1.807, 2.05) is 0 Å². The van der Waals surface area contributed by atoms with E-state index in [0.717, 1.165) is 12.8 Å². The third kappa shape index (κ3) is 1.79. The molecule has 3 N–H and O–H groups in total. The van der Waals surface area contributed by atoms with E-state index in [4.69, 9.17) is 15.6 Å². The fourth-order valence-corrected chi connectivity index (χ4v) is 2.04. The second-order valence-electron chi connectivity index (χ2n) is 3.62. The molecule has 1 aliphatic carbocycles. The van der Waals surface area contributed by atoms with Crippen molar-refractivity contribution in [1.82, 2.24) is 0 Å². The largest absolute Gasteiger partial charge is 0.395 e. The summed E-state index contributed by atoms with van der Waals surface area (Å²) < 4.78 is 5.45. The lowest BCUT2D eigenvalue weighted by molar-refractivity contribution is -0.0688. The van der Waals surface area contributed by atoms with Gasteiger partial charge in [-0.25, -0.2) is 0 Å². The van der Waals surface area contributed by atoms with Crippen molar-refractivity contribution in [3.8, 4) is 0 Å². The van der Waals surface area contributed by atoms with Gasteiger partial charge in [-0.05, 0) is 12.8 Å². The Morgan fingerprint density at radius 1 is 1.42 bits per heavy atom. The van der Waals surface area contributed by atoms with Crippen LogP contribution >= 0.6 is 0 Å². The number of rotatable bonds is 3. The zero-order valence-electron chi connectivity index (χ0n) is 7.75. The van der Waals surface area contributed by atoms with Gasteiger partial charge in [0, 0.05) is 7.11 Å². The van der Waals surface area contributed by atoms with E-state index >= 15 is 0 Å². The molecule has 0 saturated heterocycles. The van der Waals surface area contributed by atoms with E-state index in [1.54, 1.807) is 7.11 Å². The molecule has 0 aliphatic heterocycles. The van der Waals surface area contributed by atoms with Gasteiger partial charge in [-0.15, -0.1) is 0 Å². The van der Waals surface area contributed by atoms with E-state index in [9.17, 15) is 0 Å². The SMILES string of the molecule is COC1(C(N)CO)CCCCC1. The molecule has 1 fully saturated rings. The number of ether oxygens (including phenoxy) is 1. The highest BCUT2D eigenvalue weighted by atomic mass is 16.5. The highest BCUT2D eigenvalue weighted by molar-refractivity contribution is 4.93. The Labute approximate surface area is 73.9 Å². The maximum Gasteiger partial charge on any atom is 0.0851 e. The number of nitrogens with two attached hydrogens (primary N) is 1. The highest BCUT2D eigenvalue weighted by Crippen LogP contribution is 2.32. The number of hydrogen-bond acceptors (Lipinski definition) is 3. The first kappa shape index (κ1) is 9.96. The summed E-state index contributed by atoms with van der Waals surface area (Å²) in [5, 5.41) is 8.98. The quantitative estimate of drug-likeness (QED) is 0.659. The summed E-state index contributed by atoms with van der Waals surface area (Å²) in [6.45, 7) is 0.0217. The van der Waals surface area contributed by atoms with Crippen LogP contribution in [0.3, 0.4) is 0 Å². The maximum atomic E-state index is 8.98. The first-order valence-corrected chi connectivity index (χ1v) is 4.67. The van der Waals surface area contributed by atoms with Gasteiger partial charge >= 0.3 is 0 Å². The molecular weight excluding hydrogens is 154 g/mol. The Kier molecular flexibility index (Phi) is 3.50. The van der Waals surface area contributed by atoms with Gasteiger partial charge < -0.3 is 15.6 Å². The minimum Gasteiger partial charge on any atom is -0.395 e. The van der Waals surface area contributed by atoms with Gasteiger partial charge in [0.05, 0.1) is 18.2 Å². The Balaban J connectivity index is 2.59. The molecule has 0 radical (unpaired) electrons. The second kappa shape index (κ2) is 4.21. The lowest BCUT2D eigenvalue weighted by Crippen LogP contribution is -2.52. The predicted octanol–water partition coefficient (Wildman–Crippen LogP) is 0.655. The molecule has 1 unspecified atom stereocenters. The molecule has 1 saturated carbocycles. The molecule has 0 spiro atoms. The van der Waals surface area contributed by atoms with Gasteiger partial charge in [0.1, 0.15) is 0 Å². The van der Waals surface area contributed by atoms with Crippen LogP contribution in [0.2, 0.25) is 0 Å². The standard InChI is InChI=1S/C9H19NO2/c1-12-9(8(10)7-11)5-3-2-4-6-9/h8,11H,2-7,10H2,1H3. The van der Waals surface area contributed by atoms with Crippen LogP contribution in [0.25, 0.3) is 0 Å². The van der Waals surface area contributed by atoms with Crippen molar-refractivity contribution in [3.05, 3.63) is 0 Å². The van der Waals surface area contributed by atoms with Crippen molar-refractivity contribution >= 4 is 0 Å². The zero-order valence-corrected chi connectivity index (χ0v) is 7.75. The molecule has 12 heavy (non-hydrogen) atoms. The van der Waals surface area contributed by atoms with Crippen LogP contribution in [0.1, 0.15) is 32.1 Å². The van der Waals surface area contributed by atoms with E-state index < -0.39 is 0 Å². The molecule has 3 heteroatoms. The minimum absolute atomic E-state index is 0.0217. The third-order valence-electron chi connectivity index (χ3n) is 2.98. The van der Waals surface area contributed by atoms with Crippen LogP contribution in [0.4, 0.5) is 0 Å². The molecular formula is C9H19NO2. The van der Waals surface area contributed by atoms with E-state index in [2.05, 4.69) is 0 Å². The van der Waals surface area contributed by atoms with Crippen molar-refractivity contribution in [2.45, 2.75) is 43.7 Å². The van der Waals surface area contributed by atoms with Crippen molar-refractivity contribution < 1.29 is 9.84 Å². The molecule has 1 rings (SSSR count). The minimum atomic E-state index is -0.243. The molecule has 0 aromatic rings. The fourth-order valence-electron chi connectivity index (χ4n) is 2.04. The molecule has 1 atom stereocenters. The highest BCUT2D eigenvalue weighted by Gasteiger charge is 2.37. The van der Waals surface area contributed by atoms with E-state index in [-0.39, 0.29) is 18.2 Å². The number of aliphatic hydroxyl groups is 1. The van der Waals surface area contributed by atoms with Gasteiger partial charge in [-0.2, -0.15) is 0 Å². The average Bonchev–Trinajstić information content (AvgIpc) is 2.17. The summed E-state index contributed by atoms with van der Waals surface area (Å²) in [7, 11) is 1.70. The van der Waals surface area contributed by atoms with Crippen LogP contribution in [0.5, 0.6) is 0 Å². The second-order valence-corrected chi connectivity index (χ2v) is 3.62. The molecule has 0 bridgehead atoms. The first-order valence-electron chi connectivity index (χ1n) is 4.67. The molecule has 0 amide bonds. The smallest absolute Gasteiger partial charge is 0.0851 e. The topological polar surface area (TPSA) is 55.5 Å². The molecule has 3 nitrogen and oxygen atoms in total. The van der Waals surface area contributed by atoms with Gasteiger partial charge in [0.25, 0.3) is 0 Å². The summed E-state index contributed by atoms with van der Waals surface area (Å²) in [6.07, 6.45) is 5.59. The molecule has 0 aromatic carbocycles. The van der Waals surface area contributed by atoms with Crippen LogP contribution < -0.4 is 5.73 Å². The van der Waals surface area contributed by atoms with Gasteiger partial charge in [-0.3, -0.25) is 0 Å². The lowest BCUT2D eigenvalue weighted by atomic mass is 9.80. The predicted molar refractivity (Wildman–Crippen MR) is 47.9 cm³/mol. The van der Waals surface area contributed by atoms with Crippen LogP contribution in [0.15, 0.2) is 0 Å². The van der Waals surface area contributed by atoms with Crippen LogP contribution in [-0.2, 0) is 4.74 Å². The summed E-state index contributed by atoms with van der Waals surface area (Å²) >= 11 is 0. The first-order chi connectivity index (χ1) is 5.75. The number of aliphatic hydroxyl groups excluding tert-OH is 1. The fraction of sp³-hybridized carbons (Fsp3) is 1.00. The van der Waals surface area contributed by atoms with Gasteiger partial charge in [-0.1, -0.05) is 19.3 Å². The normalized spacial score (nSPS) is 25.2. The molecule has 72 valence electrons. The molecule has 0 heterocycles. The summed E-state index contributed by atoms with van der Waals surface area (Å²) in [6, 6.07) is -0.220. The number of hydrogen-bond donors (Lipinski definition) is 2. The maximum absolute atomic E-state index is 8.98. The van der Waals surface area contributed by atoms with Gasteiger partial charge in [0.15, 0.2) is 0 Å². The van der Waals surface area contributed by atoms with Gasteiger partial charge in [0.2, 0.25) is 0 Å². The number of methoxy groups -OCH3 is 1. The monoisotopic (exact) mass is 173 g/mol. The van der Waals surface area contributed by atoms with E-state index in [1.165, 1.54) is 19.3 Å². The molecule has 0 aromatic heterocycles. The van der Waals surface area contributed by atoms with Crippen molar-refractivity contribution in [1.29, 1.82) is 0 Å². The molecule has 1 aliphatic rings. The van der Waals surface area contributed by atoms with E-state index in [0.29, 0.717) is 0 Å². The average molecular weight is 173 g/mol. The van der Waals surface area contributed by atoms with Crippen molar-refractivity contribution in [2.24, 2.45) is 5.73 Å². The van der Waals surface area contributed by atoms with Crippen LogP contribution in [-0.4, -0.2) is 30.5 Å². The lowest BCUT2D eigenvalue weighted by Gasteiger charge is -2.39. The Hall–Kier alpha value is -0.120.